The number of rotatable bonds is 11. The first-order valence-corrected chi connectivity index (χ1v) is 12.1. The summed E-state index contributed by atoms with van der Waals surface area (Å²) in [6.45, 7) is 7.95. The zero-order valence-electron chi connectivity index (χ0n) is 20.3. The van der Waals surface area contributed by atoms with Crippen LogP contribution < -0.4 is 16.2 Å². The molecule has 35 heavy (non-hydrogen) atoms. The van der Waals surface area contributed by atoms with Crippen molar-refractivity contribution in [1.29, 1.82) is 0 Å². The van der Waals surface area contributed by atoms with Crippen molar-refractivity contribution in [2.45, 2.75) is 26.7 Å². The minimum Gasteiger partial charge on any atom is -0.352 e. The van der Waals surface area contributed by atoms with Crippen LogP contribution in [0.4, 0.5) is 11.4 Å². The fraction of sp³-hybridized carbons (Fsp3) is 0.296. The number of carbonyl (C=O) groups excluding carboxylic acids is 1. The number of anilines is 2. The second kappa shape index (κ2) is 11.5. The molecule has 0 radical (unpaired) electrons. The zero-order valence-corrected chi connectivity index (χ0v) is 20.3. The van der Waals surface area contributed by atoms with Gasteiger partial charge in [-0.05, 0) is 68.4 Å². The molecule has 0 unspecified atom stereocenters. The number of nitrogens with one attached hydrogen (secondary N) is 3. The van der Waals surface area contributed by atoms with Crippen LogP contribution >= 0.6 is 0 Å². The van der Waals surface area contributed by atoms with Crippen molar-refractivity contribution < 1.29 is 4.79 Å². The third-order valence-corrected chi connectivity index (χ3v) is 5.84. The molecule has 0 aliphatic rings. The summed E-state index contributed by atoms with van der Waals surface area (Å²) in [5.74, 6) is -0.0673. The first-order chi connectivity index (χ1) is 17.1. The molecule has 3 N–H and O–H groups in total. The highest BCUT2D eigenvalue weighted by molar-refractivity contribution is 5.94. The Morgan fingerprint density at radius 2 is 1.80 bits per heavy atom. The average Bonchev–Trinajstić information content (AvgIpc) is 3.35. The van der Waals surface area contributed by atoms with Gasteiger partial charge in [-0.2, -0.15) is 0 Å². The number of pyridine rings is 2. The molecule has 0 fully saturated rings. The second-order valence-corrected chi connectivity index (χ2v) is 8.49. The lowest BCUT2D eigenvalue weighted by Crippen LogP contribution is -2.35. The molecule has 3 aromatic heterocycles. The van der Waals surface area contributed by atoms with Crippen LogP contribution in [0.1, 0.15) is 37.0 Å². The topological polar surface area (TPSA) is 94.5 Å². The molecule has 0 aliphatic heterocycles. The molecule has 4 aromatic rings. The van der Waals surface area contributed by atoms with E-state index in [0.717, 1.165) is 60.8 Å². The molecule has 0 spiro atoms. The van der Waals surface area contributed by atoms with Gasteiger partial charge in [0.25, 0.3) is 5.91 Å². The normalized spacial score (nSPS) is 11.2. The monoisotopic (exact) mass is 472 g/mol. The molecule has 0 atom stereocenters. The van der Waals surface area contributed by atoms with Gasteiger partial charge < -0.3 is 20.5 Å². The predicted octanol–water partition coefficient (Wildman–Crippen LogP) is 4.29. The van der Waals surface area contributed by atoms with Crippen molar-refractivity contribution in [3.63, 3.8) is 0 Å². The second-order valence-electron chi connectivity index (χ2n) is 8.49. The number of benzene rings is 1. The van der Waals surface area contributed by atoms with E-state index in [-0.39, 0.29) is 11.5 Å². The Balaban J connectivity index is 1.42. The fourth-order valence-electron chi connectivity index (χ4n) is 4.21. The number of hydrogen-bond donors (Lipinski definition) is 3. The van der Waals surface area contributed by atoms with Gasteiger partial charge in [-0.15, -0.1) is 0 Å². The highest BCUT2D eigenvalue weighted by Crippen LogP contribution is 2.27. The summed E-state index contributed by atoms with van der Waals surface area (Å²) in [5.41, 5.74) is 4.59. The summed E-state index contributed by atoms with van der Waals surface area (Å²) >= 11 is 0. The quantitative estimate of drug-likeness (QED) is 0.303. The molecule has 3 heterocycles. The van der Waals surface area contributed by atoms with Crippen molar-refractivity contribution in [3.8, 4) is 11.3 Å². The van der Waals surface area contributed by atoms with Gasteiger partial charge in [0.05, 0.1) is 11.4 Å². The number of amides is 1. The molecule has 4 rings (SSSR count). The summed E-state index contributed by atoms with van der Waals surface area (Å²) in [7, 11) is 0. The molecule has 8 nitrogen and oxygen atoms in total. The van der Waals surface area contributed by atoms with E-state index in [2.05, 4.69) is 39.3 Å². The van der Waals surface area contributed by atoms with E-state index >= 15 is 0 Å². The van der Waals surface area contributed by atoms with E-state index in [1.165, 1.54) is 0 Å². The van der Waals surface area contributed by atoms with Crippen LogP contribution in [0.15, 0.2) is 71.9 Å². The number of nitrogens with zero attached hydrogens (tertiary/aromatic N) is 3. The van der Waals surface area contributed by atoms with Crippen LogP contribution in [0.2, 0.25) is 0 Å². The smallest absolute Gasteiger partial charge is 0.251 e. The maximum absolute atomic E-state index is 12.6. The van der Waals surface area contributed by atoms with Gasteiger partial charge in [0.2, 0.25) is 5.56 Å². The Morgan fingerprint density at radius 3 is 2.51 bits per heavy atom. The summed E-state index contributed by atoms with van der Waals surface area (Å²) in [6.07, 6.45) is 7.46. The molecular formula is C27H32N6O2. The molecule has 1 aromatic carbocycles. The van der Waals surface area contributed by atoms with Crippen molar-refractivity contribution in [1.82, 2.24) is 24.6 Å². The van der Waals surface area contributed by atoms with Gasteiger partial charge in [-0.3, -0.25) is 14.0 Å². The van der Waals surface area contributed by atoms with Gasteiger partial charge in [-0.1, -0.05) is 13.8 Å². The van der Waals surface area contributed by atoms with Crippen LogP contribution in [0.5, 0.6) is 0 Å². The van der Waals surface area contributed by atoms with Gasteiger partial charge in [0, 0.05) is 54.6 Å². The van der Waals surface area contributed by atoms with Gasteiger partial charge >= 0.3 is 0 Å². The highest BCUT2D eigenvalue weighted by Gasteiger charge is 2.11. The lowest BCUT2D eigenvalue weighted by atomic mass is 10.1. The number of imidazole rings is 1. The van der Waals surface area contributed by atoms with Gasteiger partial charge in [0.15, 0.2) is 5.65 Å². The summed E-state index contributed by atoms with van der Waals surface area (Å²) in [6, 6.07) is 14.7. The third-order valence-electron chi connectivity index (χ3n) is 5.84. The third kappa shape index (κ3) is 5.96. The number of hydrogen-bond acceptors (Lipinski definition) is 5. The summed E-state index contributed by atoms with van der Waals surface area (Å²) in [5, 5.41) is 6.41. The Labute approximate surface area is 205 Å². The maximum atomic E-state index is 12.6. The predicted molar refractivity (Wildman–Crippen MR) is 140 cm³/mol. The largest absolute Gasteiger partial charge is 0.352 e. The maximum Gasteiger partial charge on any atom is 0.251 e. The van der Waals surface area contributed by atoms with Crippen molar-refractivity contribution >= 4 is 22.9 Å². The zero-order chi connectivity index (χ0) is 24.6. The van der Waals surface area contributed by atoms with Crippen molar-refractivity contribution in [2.75, 3.05) is 31.5 Å². The fourth-order valence-corrected chi connectivity index (χ4v) is 4.21. The van der Waals surface area contributed by atoms with E-state index < -0.39 is 0 Å². The lowest BCUT2D eigenvalue weighted by Gasteiger charge is -2.20. The van der Waals surface area contributed by atoms with Crippen LogP contribution in [-0.2, 0) is 0 Å². The van der Waals surface area contributed by atoms with Crippen LogP contribution in [0.3, 0.4) is 0 Å². The lowest BCUT2D eigenvalue weighted by molar-refractivity contribution is 0.0948. The van der Waals surface area contributed by atoms with Crippen LogP contribution in [-0.4, -0.2) is 51.4 Å². The molecule has 182 valence electrons. The first-order valence-electron chi connectivity index (χ1n) is 12.1. The molecule has 0 saturated heterocycles. The highest BCUT2D eigenvalue weighted by atomic mass is 16.1. The molecular weight excluding hydrogens is 440 g/mol. The number of aromatic amines is 1. The summed E-state index contributed by atoms with van der Waals surface area (Å²) < 4.78 is 1.94. The number of fused-ring (bicyclic) bond motifs is 1. The van der Waals surface area contributed by atoms with Crippen LogP contribution in [0, 0.1) is 0 Å². The van der Waals surface area contributed by atoms with Gasteiger partial charge in [0.1, 0.15) is 0 Å². The standard InChI is InChI=1S/C27H32N6O2/c1-3-15-32(16-4-2)17-13-30-27(35)20-5-7-22(8-6-20)31-23-9-10-24(33-18-14-29-26(23)33)21-11-12-28-25(34)19-21/h5-12,14,18-19,31H,3-4,13,15-17H2,1-2H3,(H,28,34)(H,30,35). The van der Waals surface area contributed by atoms with E-state index in [0.29, 0.717) is 12.1 Å². The van der Waals surface area contributed by atoms with E-state index in [1.807, 2.05) is 53.1 Å². The van der Waals surface area contributed by atoms with Gasteiger partial charge in [-0.25, -0.2) is 4.98 Å². The van der Waals surface area contributed by atoms with E-state index in [4.69, 9.17) is 0 Å². The van der Waals surface area contributed by atoms with E-state index in [9.17, 15) is 9.59 Å². The van der Waals surface area contributed by atoms with E-state index in [1.54, 1.807) is 18.5 Å². The molecule has 0 aliphatic carbocycles. The first kappa shape index (κ1) is 24.2. The Morgan fingerprint density at radius 1 is 1.03 bits per heavy atom. The molecule has 1 amide bonds. The van der Waals surface area contributed by atoms with Crippen LogP contribution in [0.25, 0.3) is 16.9 Å². The molecule has 8 heteroatoms. The Kier molecular flexibility index (Phi) is 7.95. The van der Waals surface area contributed by atoms with Crippen molar-refractivity contribution in [3.05, 3.63) is 83.0 Å². The average molecular weight is 473 g/mol. The summed E-state index contributed by atoms with van der Waals surface area (Å²) in [4.78, 5) is 33.8. The number of H-pyrrole nitrogens is 1. The Bertz CT molecular complexity index is 1320. The Hall–Kier alpha value is -3.91. The molecule has 0 bridgehead atoms. The number of aromatic nitrogens is 3. The van der Waals surface area contributed by atoms with Crippen molar-refractivity contribution in [2.24, 2.45) is 0 Å². The minimum absolute atomic E-state index is 0.0673. The SMILES string of the molecule is CCCN(CCC)CCNC(=O)c1ccc(Nc2ccc(-c3cc[nH]c(=O)c3)n3ccnc23)cc1. The number of carbonyl (C=O) groups is 1. The minimum atomic E-state index is -0.152. The molecule has 0 saturated carbocycles.